The van der Waals surface area contributed by atoms with E-state index < -0.39 is 5.97 Å². The molecule has 6 heteroatoms. The summed E-state index contributed by atoms with van der Waals surface area (Å²) in [5.41, 5.74) is 6.39. The molecule has 0 saturated heterocycles. The molecule has 4 rings (SSSR count). The van der Waals surface area contributed by atoms with E-state index >= 15 is 0 Å². The largest absolute Gasteiger partial charge is 0.481 e. The number of amides is 1. The summed E-state index contributed by atoms with van der Waals surface area (Å²) in [5, 5.41) is 11.8. The van der Waals surface area contributed by atoms with Crippen molar-refractivity contribution in [2.75, 3.05) is 5.32 Å². The van der Waals surface area contributed by atoms with E-state index in [1.165, 1.54) is 12.1 Å². The molecular formula is C20H21N3O3. The topological polar surface area (TPSA) is 95.1 Å². The van der Waals surface area contributed by atoms with Gasteiger partial charge in [-0.15, -0.1) is 0 Å². The van der Waals surface area contributed by atoms with Crippen molar-refractivity contribution >= 4 is 29.2 Å². The molecule has 0 spiro atoms. The van der Waals surface area contributed by atoms with E-state index in [0.29, 0.717) is 17.8 Å². The second-order valence-corrected chi connectivity index (χ2v) is 6.93. The fourth-order valence-corrected chi connectivity index (χ4v) is 3.84. The van der Waals surface area contributed by atoms with Gasteiger partial charge in [-0.25, -0.2) is 4.98 Å². The number of nitrogens with one attached hydrogen (secondary N) is 2. The Kier molecular flexibility index (Phi) is 4.11. The molecule has 2 aliphatic rings. The number of fused-ring (bicyclic) bond motifs is 2. The maximum atomic E-state index is 12.5. The van der Waals surface area contributed by atoms with E-state index in [1.807, 2.05) is 25.1 Å². The minimum atomic E-state index is -0.823. The summed E-state index contributed by atoms with van der Waals surface area (Å²) in [6.45, 7) is 1.94. The summed E-state index contributed by atoms with van der Waals surface area (Å²) in [6.07, 6.45) is 6.65. The number of hydrogen-bond donors (Lipinski definition) is 3. The van der Waals surface area contributed by atoms with Gasteiger partial charge in [0.1, 0.15) is 5.82 Å². The number of nitrogens with zero attached hydrogens (tertiary/aromatic N) is 1. The van der Waals surface area contributed by atoms with Gasteiger partial charge in [0, 0.05) is 23.4 Å². The van der Waals surface area contributed by atoms with Crippen molar-refractivity contribution < 1.29 is 14.7 Å². The van der Waals surface area contributed by atoms with Gasteiger partial charge < -0.3 is 15.4 Å². The number of rotatable bonds is 4. The summed E-state index contributed by atoms with van der Waals surface area (Å²) in [7, 11) is 0. The zero-order valence-corrected chi connectivity index (χ0v) is 14.7. The van der Waals surface area contributed by atoms with E-state index in [0.717, 1.165) is 47.3 Å². The molecule has 26 heavy (non-hydrogen) atoms. The monoisotopic (exact) mass is 351 g/mol. The number of aliphatic carboxylic acids is 1. The molecule has 0 saturated carbocycles. The number of H-pyrrole nitrogens is 1. The Morgan fingerprint density at radius 3 is 2.88 bits per heavy atom. The number of carboxylic acid groups (broad SMARTS) is 1. The summed E-state index contributed by atoms with van der Waals surface area (Å²) in [4.78, 5) is 31.4. The minimum absolute atomic E-state index is 0.0744. The van der Waals surface area contributed by atoms with Gasteiger partial charge in [-0.1, -0.05) is 6.07 Å². The third-order valence-electron chi connectivity index (χ3n) is 5.20. The van der Waals surface area contributed by atoms with Gasteiger partial charge in [0.05, 0.1) is 11.3 Å². The van der Waals surface area contributed by atoms with Crippen LogP contribution in [0.2, 0.25) is 0 Å². The number of carbonyl (C=O) groups is 2. The van der Waals surface area contributed by atoms with Crippen LogP contribution in [0.1, 0.15) is 53.2 Å². The second kappa shape index (κ2) is 6.44. The summed E-state index contributed by atoms with van der Waals surface area (Å²) in [6, 6.07) is 3.75. The van der Waals surface area contributed by atoms with Crippen LogP contribution in [0.5, 0.6) is 0 Å². The molecule has 0 bridgehead atoms. The maximum absolute atomic E-state index is 12.5. The van der Waals surface area contributed by atoms with Gasteiger partial charge in [-0.3, -0.25) is 9.59 Å². The molecule has 1 amide bonds. The van der Waals surface area contributed by atoms with Crippen LogP contribution < -0.4 is 5.32 Å². The number of carboxylic acids is 1. The Morgan fingerprint density at radius 1 is 1.31 bits per heavy atom. The average molecular weight is 351 g/mol. The predicted octanol–water partition coefficient (Wildman–Crippen LogP) is 3.11. The van der Waals surface area contributed by atoms with Crippen LogP contribution in [0.4, 0.5) is 5.69 Å². The van der Waals surface area contributed by atoms with Crippen molar-refractivity contribution in [1.29, 1.82) is 0 Å². The predicted molar refractivity (Wildman–Crippen MR) is 98.9 cm³/mol. The molecule has 0 unspecified atom stereocenters. The molecule has 6 nitrogen and oxygen atoms in total. The molecule has 0 atom stereocenters. The number of hydrogen-bond acceptors (Lipinski definition) is 3. The van der Waals surface area contributed by atoms with E-state index in [-0.39, 0.29) is 12.3 Å². The van der Waals surface area contributed by atoms with Gasteiger partial charge in [0.25, 0.3) is 5.91 Å². The molecule has 1 aromatic heterocycles. The van der Waals surface area contributed by atoms with Crippen LogP contribution in [0.25, 0.3) is 11.6 Å². The molecule has 0 fully saturated rings. The van der Waals surface area contributed by atoms with Crippen LogP contribution >= 0.6 is 0 Å². The van der Waals surface area contributed by atoms with E-state index in [4.69, 9.17) is 5.11 Å². The van der Waals surface area contributed by atoms with Crippen LogP contribution in [0, 0.1) is 6.92 Å². The van der Waals surface area contributed by atoms with E-state index in [9.17, 15) is 9.59 Å². The molecule has 2 heterocycles. The number of benzene rings is 1. The SMILES string of the molecule is Cc1c(CCC(=O)O)ccc2c1C(=Cc1nc3c([nH]1)CCCC3)C(=O)N2. The first-order valence-corrected chi connectivity index (χ1v) is 8.98. The highest BCUT2D eigenvalue weighted by Gasteiger charge is 2.27. The van der Waals surface area contributed by atoms with Gasteiger partial charge in [-0.2, -0.15) is 0 Å². The number of imidazole rings is 1. The van der Waals surface area contributed by atoms with E-state index in [2.05, 4.69) is 15.3 Å². The highest BCUT2D eigenvalue weighted by Crippen LogP contribution is 2.37. The Hall–Kier alpha value is -2.89. The number of aromatic nitrogens is 2. The maximum Gasteiger partial charge on any atom is 0.303 e. The smallest absolute Gasteiger partial charge is 0.303 e. The molecule has 134 valence electrons. The first-order chi connectivity index (χ1) is 12.5. The fourth-order valence-electron chi connectivity index (χ4n) is 3.84. The highest BCUT2D eigenvalue weighted by molar-refractivity contribution is 6.35. The Balaban J connectivity index is 1.72. The van der Waals surface area contributed by atoms with Crippen molar-refractivity contribution in [3.05, 3.63) is 46.0 Å². The van der Waals surface area contributed by atoms with E-state index in [1.54, 1.807) is 0 Å². The number of aromatic amines is 1. The Labute approximate surface area is 151 Å². The van der Waals surface area contributed by atoms with Gasteiger partial charge >= 0.3 is 5.97 Å². The first kappa shape index (κ1) is 16.6. The molecule has 1 aliphatic heterocycles. The van der Waals surface area contributed by atoms with Crippen LogP contribution in [-0.4, -0.2) is 27.0 Å². The number of anilines is 1. The normalized spacial score (nSPS) is 17.1. The summed E-state index contributed by atoms with van der Waals surface area (Å²) in [5.74, 6) is -0.255. The molecule has 1 aromatic carbocycles. The van der Waals surface area contributed by atoms with Crippen molar-refractivity contribution in [3.63, 3.8) is 0 Å². The zero-order valence-electron chi connectivity index (χ0n) is 14.7. The lowest BCUT2D eigenvalue weighted by atomic mass is 9.94. The minimum Gasteiger partial charge on any atom is -0.481 e. The third-order valence-corrected chi connectivity index (χ3v) is 5.20. The van der Waals surface area contributed by atoms with Crippen molar-refractivity contribution in [2.45, 2.75) is 45.4 Å². The lowest BCUT2D eigenvalue weighted by molar-refractivity contribution is -0.137. The molecule has 3 N–H and O–H groups in total. The van der Waals surface area contributed by atoms with Gasteiger partial charge in [0.15, 0.2) is 0 Å². The lowest BCUT2D eigenvalue weighted by Crippen LogP contribution is -2.03. The van der Waals surface area contributed by atoms with Gasteiger partial charge in [-0.05, 0) is 62.3 Å². The molecule has 2 aromatic rings. The standard InChI is InChI=1S/C20H21N3O3/c1-11-12(7-9-18(24)25)6-8-16-19(11)13(20(26)23-16)10-17-21-14-4-2-3-5-15(14)22-17/h6,8,10H,2-5,7,9H2,1H3,(H,21,22)(H,23,26)(H,24,25). The molecule has 0 radical (unpaired) electrons. The Bertz CT molecular complexity index is 917. The summed E-state index contributed by atoms with van der Waals surface area (Å²) >= 11 is 0. The Morgan fingerprint density at radius 2 is 2.12 bits per heavy atom. The van der Waals surface area contributed by atoms with Crippen LogP contribution in [0.3, 0.4) is 0 Å². The third kappa shape index (κ3) is 2.92. The fraction of sp³-hybridized carbons (Fsp3) is 0.350. The quantitative estimate of drug-likeness (QED) is 0.738. The molecular weight excluding hydrogens is 330 g/mol. The number of carbonyl (C=O) groups excluding carboxylic acids is 1. The van der Waals surface area contributed by atoms with Crippen LogP contribution in [-0.2, 0) is 28.9 Å². The van der Waals surface area contributed by atoms with Crippen molar-refractivity contribution in [1.82, 2.24) is 9.97 Å². The van der Waals surface area contributed by atoms with Crippen LogP contribution in [0.15, 0.2) is 12.1 Å². The average Bonchev–Trinajstić information content (AvgIpc) is 3.15. The lowest BCUT2D eigenvalue weighted by Gasteiger charge is -2.09. The first-order valence-electron chi connectivity index (χ1n) is 8.98. The highest BCUT2D eigenvalue weighted by atomic mass is 16.4. The van der Waals surface area contributed by atoms with Crippen molar-refractivity contribution in [3.8, 4) is 0 Å². The number of aryl methyl sites for hydroxylation is 3. The summed E-state index contributed by atoms with van der Waals surface area (Å²) < 4.78 is 0. The molecule has 1 aliphatic carbocycles. The second-order valence-electron chi connectivity index (χ2n) is 6.93. The van der Waals surface area contributed by atoms with Crippen molar-refractivity contribution in [2.24, 2.45) is 0 Å². The zero-order chi connectivity index (χ0) is 18.3. The van der Waals surface area contributed by atoms with Gasteiger partial charge in [0.2, 0.25) is 0 Å².